The van der Waals surface area contributed by atoms with E-state index in [1.54, 1.807) is 24.3 Å². The molecule has 0 aliphatic heterocycles. The van der Waals surface area contributed by atoms with E-state index in [0.717, 1.165) is 7.11 Å². The Morgan fingerprint density at radius 1 is 0.860 bits per heavy atom. The van der Waals surface area contributed by atoms with E-state index in [-0.39, 0.29) is 29.3 Å². The molecular weight excluding hydrogens is 570 g/mol. The molecule has 3 rings (SSSR count). The lowest BCUT2D eigenvalue weighted by Gasteiger charge is -2.36. The molecule has 228 valence electrons. The molecule has 0 spiro atoms. The van der Waals surface area contributed by atoms with Crippen molar-refractivity contribution in [2.45, 2.75) is 57.3 Å². The number of ketones is 1. The number of carbonyl (C=O) groups is 3. The van der Waals surface area contributed by atoms with Crippen molar-refractivity contribution < 1.29 is 37.9 Å². The van der Waals surface area contributed by atoms with Crippen molar-refractivity contribution in [1.82, 2.24) is 0 Å². The van der Waals surface area contributed by atoms with Gasteiger partial charge in [0.2, 0.25) is 5.78 Å². The molecule has 0 heterocycles. The number of ether oxygens (including phenoxy) is 3. The summed E-state index contributed by atoms with van der Waals surface area (Å²) in [6, 6.07) is 20.6. The monoisotopic (exact) mass is 607 g/mol. The molecule has 0 aliphatic carbocycles. The summed E-state index contributed by atoms with van der Waals surface area (Å²) < 4.78 is 22.3. The first-order chi connectivity index (χ1) is 20.2. The van der Waals surface area contributed by atoms with Crippen molar-refractivity contribution in [1.29, 1.82) is 0 Å². The lowest BCUT2D eigenvalue weighted by atomic mass is 9.95. The van der Waals surface area contributed by atoms with Gasteiger partial charge < -0.3 is 18.6 Å². The zero-order valence-corrected chi connectivity index (χ0v) is 26.2. The molecule has 0 aliphatic rings. The predicted molar refractivity (Wildman–Crippen MR) is 163 cm³/mol. The highest BCUT2D eigenvalue weighted by atomic mass is 28.4. The van der Waals surface area contributed by atoms with Crippen LogP contribution in [0.2, 0.25) is 18.1 Å². The van der Waals surface area contributed by atoms with Crippen LogP contribution >= 0.6 is 0 Å². The van der Waals surface area contributed by atoms with E-state index in [4.69, 9.17) is 18.6 Å². The van der Waals surface area contributed by atoms with E-state index in [9.17, 15) is 24.5 Å². The maximum absolute atomic E-state index is 13.6. The van der Waals surface area contributed by atoms with Gasteiger partial charge in [0.1, 0.15) is 11.5 Å². The third-order valence-corrected chi connectivity index (χ3v) is 12.0. The van der Waals surface area contributed by atoms with Gasteiger partial charge in [0.05, 0.1) is 18.0 Å². The van der Waals surface area contributed by atoms with Gasteiger partial charge in [0.25, 0.3) is 11.8 Å². The molecule has 0 N–H and O–H groups in total. The van der Waals surface area contributed by atoms with Gasteiger partial charge in [-0.25, -0.2) is 4.79 Å². The topological polar surface area (TPSA) is 131 Å². The third-order valence-electron chi connectivity index (χ3n) is 7.47. The lowest BCUT2D eigenvalue weighted by molar-refractivity contribution is -0.384. The number of nitro groups is 1. The van der Waals surface area contributed by atoms with Gasteiger partial charge in [0.15, 0.2) is 8.32 Å². The van der Waals surface area contributed by atoms with E-state index in [0.29, 0.717) is 17.1 Å². The Kier molecular flexibility index (Phi) is 11.0. The first-order valence-electron chi connectivity index (χ1n) is 13.8. The van der Waals surface area contributed by atoms with E-state index in [1.807, 2.05) is 18.2 Å². The van der Waals surface area contributed by atoms with Crippen molar-refractivity contribution in [3.63, 3.8) is 0 Å². The summed E-state index contributed by atoms with van der Waals surface area (Å²) in [4.78, 5) is 50.2. The number of nitro benzene ring substituents is 1. The highest BCUT2D eigenvalue weighted by Crippen LogP contribution is 2.37. The number of para-hydroxylation sites is 1. The molecule has 0 aromatic heterocycles. The van der Waals surface area contributed by atoms with Crippen LogP contribution in [0.25, 0.3) is 0 Å². The molecule has 0 bridgehead atoms. The molecule has 10 nitrogen and oxygen atoms in total. The summed E-state index contributed by atoms with van der Waals surface area (Å²) in [5.41, 5.74) is 0.389. The van der Waals surface area contributed by atoms with Crippen molar-refractivity contribution in [2.24, 2.45) is 0 Å². The normalized spacial score (nSPS) is 13.0. The minimum Gasteiger partial charge on any atom is -0.466 e. The molecule has 2 atom stereocenters. The van der Waals surface area contributed by atoms with Gasteiger partial charge >= 0.3 is 11.9 Å². The van der Waals surface area contributed by atoms with Crippen LogP contribution in [0.3, 0.4) is 0 Å². The maximum atomic E-state index is 13.6. The molecule has 2 unspecified atom stereocenters. The highest BCUT2D eigenvalue weighted by Gasteiger charge is 2.39. The highest BCUT2D eigenvalue weighted by molar-refractivity contribution is 6.74. The van der Waals surface area contributed by atoms with E-state index >= 15 is 0 Å². The molecule has 0 radical (unpaired) electrons. The van der Waals surface area contributed by atoms with Gasteiger partial charge in [-0.15, -0.1) is 0 Å². The summed E-state index contributed by atoms with van der Waals surface area (Å²) in [6.07, 6.45) is -1.70. The number of nitrogens with zero attached hydrogens (tertiary/aromatic N) is 1. The van der Waals surface area contributed by atoms with Crippen molar-refractivity contribution >= 4 is 31.7 Å². The number of rotatable bonds is 13. The number of methoxy groups -OCH3 is 1. The number of hydrogen-bond donors (Lipinski definition) is 0. The van der Waals surface area contributed by atoms with Crippen LogP contribution in [0.5, 0.6) is 11.5 Å². The average Bonchev–Trinajstić information content (AvgIpc) is 2.97. The minimum atomic E-state index is -2.16. The Morgan fingerprint density at radius 3 is 1.98 bits per heavy atom. The van der Waals surface area contributed by atoms with E-state index < -0.39 is 43.0 Å². The summed E-state index contributed by atoms with van der Waals surface area (Å²) in [7, 11) is -1.07. The number of Topliss-reactive ketones (excluding diaryl/α,β-unsaturated/α-hetero) is 1. The fourth-order valence-corrected chi connectivity index (χ4v) is 4.94. The van der Waals surface area contributed by atoms with E-state index in [1.165, 1.54) is 36.4 Å². The minimum absolute atomic E-state index is 0.0690. The molecular formula is C32H37NO9Si. The van der Waals surface area contributed by atoms with Crippen LogP contribution in [0.15, 0.2) is 78.9 Å². The number of hydrogen-bond acceptors (Lipinski definition) is 9. The van der Waals surface area contributed by atoms with Gasteiger partial charge in [-0.05, 0) is 66.5 Å². The largest absolute Gasteiger partial charge is 0.466 e. The van der Waals surface area contributed by atoms with Gasteiger partial charge in [-0.1, -0.05) is 51.1 Å². The summed E-state index contributed by atoms with van der Waals surface area (Å²) in [6.45, 7) is 10.6. The fraction of sp³-hybridized carbons (Fsp3) is 0.344. The summed E-state index contributed by atoms with van der Waals surface area (Å²) >= 11 is 0. The molecule has 0 fully saturated rings. The zero-order chi connectivity index (χ0) is 31.8. The number of carbonyl (C=O) groups excluding carboxylic acids is 3. The van der Waals surface area contributed by atoms with E-state index in [2.05, 4.69) is 33.9 Å². The van der Waals surface area contributed by atoms with Crippen LogP contribution in [0.1, 0.15) is 49.0 Å². The Bertz CT molecular complexity index is 1420. The van der Waals surface area contributed by atoms with Crippen LogP contribution in [-0.4, -0.2) is 50.8 Å². The SMILES string of the molecule is COC(=O)C(OC(=O)C(CCO[Si](C)(C)C(C)(C)C)c1ccc([N+](=O)[O-])cc1)C(=O)c1ccc(Oc2ccccc2)cc1. The van der Waals surface area contributed by atoms with Crippen molar-refractivity contribution in [2.75, 3.05) is 13.7 Å². The quantitative estimate of drug-likeness (QED) is 0.0511. The van der Waals surface area contributed by atoms with Crippen LogP contribution in [0, 0.1) is 10.1 Å². The van der Waals surface area contributed by atoms with Gasteiger partial charge in [-0.2, -0.15) is 0 Å². The Hall–Kier alpha value is -4.35. The Balaban J connectivity index is 1.83. The second-order valence-electron chi connectivity index (χ2n) is 11.4. The second kappa shape index (κ2) is 14.2. The molecule has 43 heavy (non-hydrogen) atoms. The average molecular weight is 608 g/mol. The summed E-state index contributed by atoms with van der Waals surface area (Å²) in [5.74, 6) is -2.56. The second-order valence-corrected chi connectivity index (χ2v) is 16.3. The molecule has 0 saturated carbocycles. The van der Waals surface area contributed by atoms with Crippen molar-refractivity contribution in [3.8, 4) is 11.5 Å². The number of benzene rings is 3. The zero-order valence-electron chi connectivity index (χ0n) is 25.2. The molecule has 0 saturated heterocycles. The van der Waals surface area contributed by atoms with Gasteiger partial charge in [0, 0.05) is 24.3 Å². The fourth-order valence-electron chi connectivity index (χ4n) is 3.87. The van der Waals surface area contributed by atoms with Gasteiger partial charge in [-0.3, -0.25) is 19.7 Å². The Labute approximate surface area is 252 Å². The molecule has 3 aromatic rings. The molecule has 0 amide bonds. The molecule has 3 aromatic carbocycles. The predicted octanol–water partition coefficient (Wildman–Crippen LogP) is 6.85. The first-order valence-corrected chi connectivity index (χ1v) is 16.7. The third kappa shape index (κ3) is 8.82. The number of esters is 2. The lowest BCUT2D eigenvalue weighted by Crippen LogP contribution is -2.41. The maximum Gasteiger partial charge on any atom is 0.355 e. The van der Waals surface area contributed by atoms with Crippen LogP contribution < -0.4 is 4.74 Å². The number of non-ortho nitro benzene ring substituents is 1. The van der Waals surface area contributed by atoms with Crippen molar-refractivity contribution in [3.05, 3.63) is 100 Å². The van der Waals surface area contributed by atoms with Crippen LogP contribution in [0.4, 0.5) is 5.69 Å². The Morgan fingerprint density at radius 2 is 1.44 bits per heavy atom. The standard InChI is InChI=1S/C32H37NO9Si/c1-32(2,3)43(5,6)40-21-20-27(22-12-16-24(17-13-22)33(37)38)30(35)42-29(31(36)39-4)28(34)23-14-18-26(19-15-23)41-25-10-8-7-9-11-25/h7-19,27,29H,20-21H2,1-6H3. The first kappa shape index (κ1) is 33.2. The smallest absolute Gasteiger partial charge is 0.355 e. The summed E-state index contributed by atoms with van der Waals surface area (Å²) in [5, 5.41) is 11.1. The van der Waals surface area contributed by atoms with Crippen LogP contribution in [-0.2, 0) is 23.5 Å². The molecule has 11 heteroatoms.